The topological polar surface area (TPSA) is 91.0 Å². The van der Waals surface area contributed by atoms with E-state index in [1.54, 1.807) is 6.07 Å². The molecule has 0 bridgehead atoms. The molecule has 1 aromatic heterocycles. The monoisotopic (exact) mass is 258 g/mol. The van der Waals surface area contributed by atoms with Crippen LogP contribution in [0.25, 0.3) is 10.4 Å². The molecule has 0 aromatic carbocycles. The van der Waals surface area contributed by atoms with Crippen LogP contribution in [0.4, 0.5) is 0 Å². The second-order valence-electron chi connectivity index (χ2n) is 2.32. The number of hydrogen-bond donors (Lipinski definition) is 1. The number of nitrogens with one attached hydrogen (secondary N) is 1. The molecule has 0 saturated heterocycles. The maximum absolute atomic E-state index is 11.4. The van der Waals surface area contributed by atoms with Crippen LogP contribution in [0.3, 0.4) is 0 Å². The molecule has 0 aliphatic heterocycles. The van der Waals surface area contributed by atoms with Gasteiger partial charge >= 0.3 is 0 Å². The van der Waals surface area contributed by atoms with Gasteiger partial charge in [0.1, 0.15) is 0 Å². The first-order valence-electron chi connectivity index (χ1n) is 3.77. The van der Waals surface area contributed by atoms with E-state index in [4.69, 9.17) is 9.95 Å². The minimum Gasteiger partial charge on any atom is -0.457 e. The Kier molecular flexibility index (Phi) is 4.03. The van der Waals surface area contributed by atoms with Crippen LogP contribution in [-0.4, -0.2) is 19.0 Å². The minimum absolute atomic E-state index is 0.234. The molecule has 1 heterocycles. The van der Waals surface area contributed by atoms with Crippen molar-refractivity contribution in [1.29, 1.82) is 0 Å². The van der Waals surface area contributed by atoms with E-state index in [1.165, 1.54) is 6.26 Å². The van der Waals surface area contributed by atoms with E-state index >= 15 is 0 Å². The maximum atomic E-state index is 11.4. The lowest BCUT2D eigenvalue weighted by Gasteiger charge is -1.99. The summed E-state index contributed by atoms with van der Waals surface area (Å²) >= 11 is 3.08. The van der Waals surface area contributed by atoms with Crippen LogP contribution >= 0.6 is 15.9 Å². The summed E-state index contributed by atoms with van der Waals surface area (Å²) in [5.74, 6) is -0.265. The standard InChI is InChI=1S/C7H7BrN4O2/c8-6-5(1-4-14-6)7(13)10-2-3-11-12-9/h1,4H,2-3H2,(H,10,13). The molecule has 0 aliphatic carbocycles. The average Bonchev–Trinajstić information content (AvgIpc) is 2.59. The fourth-order valence-corrected chi connectivity index (χ4v) is 1.24. The van der Waals surface area contributed by atoms with Crippen molar-refractivity contribution in [3.05, 3.63) is 33.0 Å². The summed E-state index contributed by atoms with van der Waals surface area (Å²) in [6.45, 7) is 0.540. The van der Waals surface area contributed by atoms with Crippen LogP contribution in [0, 0.1) is 0 Å². The Bertz CT molecular complexity index is 370. The lowest BCUT2D eigenvalue weighted by Crippen LogP contribution is -2.25. The van der Waals surface area contributed by atoms with Crippen molar-refractivity contribution in [2.45, 2.75) is 0 Å². The number of nitrogens with zero attached hydrogens (tertiary/aromatic N) is 3. The van der Waals surface area contributed by atoms with Crippen LogP contribution in [0.1, 0.15) is 10.4 Å². The number of carbonyl (C=O) groups excluding carboxylic acids is 1. The Hall–Kier alpha value is -1.46. The second kappa shape index (κ2) is 5.31. The van der Waals surface area contributed by atoms with E-state index in [2.05, 4.69) is 31.3 Å². The van der Waals surface area contributed by atoms with E-state index < -0.39 is 0 Å². The molecule has 0 spiro atoms. The maximum Gasteiger partial charge on any atom is 0.255 e. The van der Waals surface area contributed by atoms with Gasteiger partial charge in [0.25, 0.3) is 5.91 Å². The number of rotatable bonds is 4. The van der Waals surface area contributed by atoms with Crippen molar-refractivity contribution in [3.8, 4) is 0 Å². The first kappa shape index (κ1) is 10.6. The van der Waals surface area contributed by atoms with Crippen LogP contribution in [0.2, 0.25) is 0 Å². The summed E-state index contributed by atoms with van der Waals surface area (Å²) in [4.78, 5) is 13.9. The van der Waals surface area contributed by atoms with Crippen LogP contribution in [0.5, 0.6) is 0 Å². The number of halogens is 1. The van der Waals surface area contributed by atoms with Gasteiger partial charge in [-0.3, -0.25) is 4.79 Å². The molecule has 6 nitrogen and oxygen atoms in total. The van der Waals surface area contributed by atoms with Gasteiger partial charge in [-0.05, 0) is 27.5 Å². The summed E-state index contributed by atoms with van der Waals surface area (Å²) in [5.41, 5.74) is 8.40. The number of carbonyl (C=O) groups is 1. The number of amides is 1. The van der Waals surface area contributed by atoms with Crippen LogP contribution in [-0.2, 0) is 0 Å². The van der Waals surface area contributed by atoms with Gasteiger partial charge in [-0.25, -0.2) is 0 Å². The summed E-state index contributed by atoms with van der Waals surface area (Å²) in [6, 6.07) is 1.55. The van der Waals surface area contributed by atoms with E-state index in [-0.39, 0.29) is 12.5 Å². The first-order chi connectivity index (χ1) is 6.75. The molecular formula is C7H7BrN4O2. The average molecular weight is 259 g/mol. The molecule has 0 unspecified atom stereocenters. The van der Waals surface area contributed by atoms with E-state index in [0.29, 0.717) is 16.8 Å². The van der Waals surface area contributed by atoms with Gasteiger partial charge < -0.3 is 9.73 Å². The van der Waals surface area contributed by atoms with Gasteiger partial charge in [0, 0.05) is 18.0 Å². The number of furan rings is 1. The van der Waals surface area contributed by atoms with Crippen molar-refractivity contribution in [2.24, 2.45) is 5.11 Å². The molecule has 7 heteroatoms. The summed E-state index contributed by atoms with van der Waals surface area (Å²) in [7, 11) is 0. The third-order valence-corrected chi connectivity index (χ3v) is 2.04. The molecule has 74 valence electrons. The summed E-state index contributed by atoms with van der Waals surface area (Å²) in [6.07, 6.45) is 1.41. The lowest BCUT2D eigenvalue weighted by molar-refractivity contribution is 0.0953. The highest BCUT2D eigenvalue weighted by Crippen LogP contribution is 2.16. The first-order valence-corrected chi connectivity index (χ1v) is 4.57. The van der Waals surface area contributed by atoms with Gasteiger partial charge in [0.2, 0.25) is 0 Å². The number of hydrogen-bond acceptors (Lipinski definition) is 3. The van der Waals surface area contributed by atoms with E-state index in [1.807, 2.05) is 0 Å². The Morgan fingerprint density at radius 3 is 3.14 bits per heavy atom. The minimum atomic E-state index is -0.265. The van der Waals surface area contributed by atoms with E-state index in [9.17, 15) is 4.79 Å². The molecule has 1 aromatic rings. The van der Waals surface area contributed by atoms with E-state index in [0.717, 1.165) is 0 Å². The van der Waals surface area contributed by atoms with Crippen LogP contribution in [0.15, 0.2) is 26.5 Å². The predicted molar refractivity (Wildman–Crippen MR) is 52.8 cm³/mol. The van der Waals surface area contributed by atoms with Gasteiger partial charge in [-0.15, -0.1) is 0 Å². The summed E-state index contributed by atoms with van der Waals surface area (Å²) < 4.78 is 5.27. The SMILES string of the molecule is [N-]=[N+]=NCCNC(=O)c1ccoc1Br. The van der Waals surface area contributed by atoms with Gasteiger partial charge in [0.05, 0.1) is 11.8 Å². The van der Waals surface area contributed by atoms with Crippen molar-refractivity contribution in [2.75, 3.05) is 13.1 Å². The smallest absolute Gasteiger partial charge is 0.255 e. The zero-order valence-corrected chi connectivity index (χ0v) is 8.69. The third kappa shape index (κ3) is 2.79. The molecule has 0 atom stereocenters. The lowest BCUT2D eigenvalue weighted by atomic mass is 10.3. The molecule has 0 aliphatic rings. The molecule has 0 saturated carbocycles. The quantitative estimate of drug-likeness (QED) is 0.388. The van der Waals surface area contributed by atoms with Gasteiger partial charge in [-0.1, -0.05) is 5.11 Å². The Balaban J connectivity index is 2.43. The zero-order valence-electron chi connectivity index (χ0n) is 7.11. The molecule has 1 N–H and O–H groups in total. The Morgan fingerprint density at radius 1 is 1.79 bits per heavy atom. The van der Waals surface area contributed by atoms with Crippen molar-refractivity contribution >= 4 is 21.8 Å². The van der Waals surface area contributed by atoms with Crippen molar-refractivity contribution in [1.82, 2.24) is 5.32 Å². The number of azide groups is 1. The Labute approximate surface area is 88.0 Å². The zero-order chi connectivity index (χ0) is 10.4. The molecule has 1 rings (SSSR count). The molecule has 1 amide bonds. The fraction of sp³-hybridized carbons (Fsp3) is 0.286. The third-order valence-electron chi connectivity index (χ3n) is 1.42. The fourth-order valence-electron chi connectivity index (χ4n) is 0.815. The van der Waals surface area contributed by atoms with Gasteiger partial charge in [0.15, 0.2) is 4.67 Å². The predicted octanol–water partition coefficient (Wildman–Crippen LogP) is 2.08. The highest BCUT2D eigenvalue weighted by molar-refractivity contribution is 9.10. The largest absolute Gasteiger partial charge is 0.457 e. The molecule has 14 heavy (non-hydrogen) atoms. The Morgan fingerprint density at radius 2 is 2.57 bits per heavy atom. The summed E-state index contributed by atoms with van der Waals surface area (Å²) in [5, 5.41) is 5.85. The second-order valence-corrected chi connectivity index (χ2v) is 3.04. The van der Waals surface area contributed by atoms with Crippen molar-refractivity contribution < 1.29 is 9.21 Å². The molecule has 0 radical (unpaired) electrons. The molecular weight excluding hydrogens is 252 g/mol. The normalized spacial score (nSPS) is 9.21. The van der Waals surface area contributed by atoms with Crippen molar-refractivity contribution in [3.63, 3.8) is 0 Å². The highest BCUT2D eigenvalue weighted by Gasteiger charge is 2.10. The van der Waals surface area contributed by atoms with Crippen LogP contribution < -0.4 is 5.32 Å². The molecule has 0 fully saturated rings. The van der Waals surface area contributed by atoms with Gasteiger partial charge in [-0.2, -0.15) is 0 Å². The highest BCUT2D eigenvalue weighted by atomic mass is 79.9.